The number of hydrogen-bond acceptors (Lipinski definition) is 2. The summed E-state index contributed by atoms with van der Waals surface area (Å²) in [5.74, 6) is 0.612. The number of aryl methyl sites for hydroxylation is 1. The van der Waals surface area contributed by atoms with E-state index in [0.717, 1.165) is 30.6 Å². The summed E-state index contributed by atoms with van der Waals surface area (Å²) >= 11 is 0. The minimum Gasteiger partial charge on any atom is -0.334 e. The Hall–Kier alpha value is -2.30. The van der Waals surface area contributed by atoms with Gasteiger partial charge in [0.2, 0.25) is 0 Å². The van der Waals surface area contributed by atoms with Crippen molar-refractivity contribution in [3.63, 3.8) is 0 Å². The van der Waals surface area contributed by atoms with Gasteiger partial charge in [-0.05, 0) is 44.2 Å². The molecule has 0 spiro atoms. The molecule has 5 heteroatoms. The number of aromatic nitrogens is 2. The van der Waals surface area contributed by atoms with E-state index in [0.29, 0.717) is 17.7 Å². The Balaban J connectivity index is 1.61. The molecular formula is C19H23N3O2. The molecule has 2 aromatic rings. The molecule has 2 unspecified atom stereocenters. The van der Waals surface area contributed by atoms with Crippen molar-refractivity contribution in [3.05, 3.63) is 51.9 Å². The lowest BCUT2D eigenvalue weighted by Gasteiger charge is -2.31. The van der Waals surface area contributed by atoms with Crippen LogP contribution in [0, 0.1) is 12.8 Å². The van der Waals surface area contributed by atoms with E-state index in [9.17, 15) is 9.59 Å². The molecule has 1 saturated heterocycles. The molecule has 1 aromatic carbocycles. The van der Waals surface area contributed by atoms with Crippen LogP contribution in [0.15, 0.2) is 35.1 Å². The number of amides is 1. The largest absolute Gasteiger partial charge is 0.334 e. The number of nitrogens with zero attached hydrogens (tertiary/aromatic N) is 2. The third-order valence-corrected chi connectivity index (χ3v) is 5.51. The van der Waals surface area contributed by atoms with E-state index in [2.05, 4.69) is 5.10 Å². The summed E-state index contributed by atoms with van der Waals surface area (Å²) in [5.41, 5.74) is 2.09. The highest BCUT2D eigenvalue weighted by atomic mass is 16.2. The number of likely N-dealkylation sites (tertiary alicyclic amines) is 1. The van der Waals surface area contributed by atoms with Crippen LogP contribution in [0.25, 0.3) is 5.69 Å². The van der Waals surface area contributed by atoms with E-state index in [1.165, 1.54) is 30.0 Å². The molecule has 1 aliphatic heterocycles. The Morgan fingerprint density at radius 2 is 1.88 bits per heavy atom. The molecule has 1 amide bonds. The smallest absolute Gasteiger partial charge is 0.272 e. The molecule has 5 nitrogen and oxygen atoms in total. The Morgan fingerprint density at radius 3 is 2.67 bits per heavy atom. The van der Waals surface area contributed by atoms with Gasteiger partial charge >= 0.3 is 0 Å². The Morgan fingerprint density at radius 1 is 1.12 bits per heavy atom. The molecule has 0 bridgehead atoms. The molecule has 2 fully saturated rings. The summed E-state index contributed by atoms with van der Waals surface area (Å²) in [6.45, 7) is 2.82. The van der Waals surface area contributed by atoms with Crippen LogP contribution in [-0.4, -0.2) is 33.2 Å². The van der Waals surface area contributed by atoms with Crippen LogP contribution in [0.3, 0.4) is 0 Å². The van der Waals surface area contributed by atoms with Crippen molar-refractivity contribution in [1.29, 1.82) is 0 Å². The third kappa shape index (κ3) is 2.58. The Labute approximate surface area is 141 Å². The maximum Gasteiger partial charge on any atom is 0.272 e. The Kier molecular flexibility index (Phi) is 3.79. The summed E-state index contributed by atoms with van der Waals surface area (Å²) in [5, 5.41) is 3.00. The maximum atomic E-state index is 12.9. The van der Waals surface area contributed by atoms with Gasteiger partial charge in [0.1, 0.15) is 5.69 Å². The summed E-state index contributed by atoms with van der Waals surface area (Å²) in [6.07, 6.45) is 5.91. The normalized spacial score (nSPS) is 23.3. The molecule has 1 saturated carbocycles. The molecule has 2 aliphatic rings. The van der Waals surface area contributed by atoms with Crippen molar-refractivity contribution < 1.29 is 4.79 Å². The predicted molar refractivity (Wildman–Crippen MR) is 92.5 cm³/mol. The second-order valence-corrected chi connectivity index (χ2v) is 7.08. The van der Waals surface area contributed by atoms with E-state index < -0.39 is 0 Å². The van der Waals surface area contributed by atoms with Crippen molar-refractivity contribution in [2.45, 2.75) is 45.1 Å². The average Bonchev–Trinajstić information content (AvgIpc) is 3.19. The number of rotatable bonds is 2. The molecule has 2 atom stereocenters. The number of aromatic amines is 1. The number of nitrogens with one attached hydrogen (secondary N) is 1. The van der Waals surface area contributed by atoms with Gasteiger partial charge in [-0.3, -0.25) is 14.7 Å². The number of fused-ring (bicyclic) bond motifs is 1. The number of carbonyl (C=O) groups is 1. The third-order valence-electron chi connectivity index (χ3n) is 5.51. The molecule has 2 heterocycles. The highest BCUT2D eigenvalue weighted by Crippen LogP contribution is 2.36. The van der Waals surface area contributed by atoms with Gasteiger partial charge in [0.25, 0.3) is 11.5 Å². The van der Waals surface area contributed by atoms with Crippen LogP contribution >= 0.6 is 0 Å². The molecule has 1 N–H and O–H groups in total. The van der Waals surface area contributed by atoms with Gasteiger partial charge < -0.3 is 4.90 Å². The SMILES string of the molecule is Cc1ccc(-n2[nH]c(C(=O)N3CCC4CCCCC43)cc2=O)cc1. The molecule has 24 heavy (non-hydrogen) atoms. The van der Waals surface area contributed by atoms with Gasteiger partial charge in [0.15, 0.2) is 0 Å². The first kappa shape index (κ1) is 15.2. The second-order valence-electron chi connectivity index (χ2n) is 7.08. The van der Waals surface area contributed by atoms with Crippen LogP contribution in [0.2, 0.25) is 0 Å². The number of carbonyl (C=O) groups excluding carboxylic acids is 1. The molecular weight excluding hydrogens is 302 g/mol. The van der Waals surface area contributed by atoms with Crippen molar-refractivity contribution >= 4 is 5.91 Å². The van der Waals surface area contributed by atoms with Crippen molar-refractivity contribution in [2.75, 3.05) is 6.54 Å². The summed E-state index contributed by atoms with van der Waals surface area (Å²) in [7, 11) is 0. The zero-order chi connectivity index (χ0) is 16.7. The molecule has 4 rings (SSSR count). The average molecular weight is 325 g/mol. The molecule has 1 aliphatic carbocycles. The van der Waals surface area contributed by atoms with E-state index >= 15 is 0 Å². The minimum absolute atomic E-state index is 0.0349. The topological polar surface area (TPSA) is 58.1 Å². The van der Waals surface area contributed by atoms with Crippen molar-refractivity contribution in [2.24, 2.45) is 5.92 Å². The first-order valence-electron chi connectivity index (χ1n) is 8.83. The van der Waals surface area contributed by atoms with Gasteiger partial charge in [-0.2, -0.15) is 0 Å². The fraction of sp³-hybridized carbons (Fsp3) is 0.474. The molecule has 0 radical (unpaired) electrons. The highest BCUT2D eigenvalue weighted by molar-refractivity contribution is 5.92. The van der Waals surface area contributed by atoms with Crippen molar-refractivity contribution in [3.8, 4) is 5.69 Å². The van der Waals surface area contributed by atoms with Crippen LogP contribution in [0.4, 0.5) is 0 Å². The summed E-state index contributed by atoms with van der Waals surface area (Å²) in [6, 6.07) is 9.47. The predicted octanol–water partition coefficient (Wildman–Crippen LogP) is 2.88. The fourth-order valence-corrected chi connectivity index (χ4v) is 4.20. The number of H-pyrrole nitrogens is 1. The minimum atomic E-state index is -0.193. The molecule has 1 aromatic heterocycles. The quantitative estimate of drug-likeness (QED) is 0.923. The lowest BCUT2D eigenvalue weighted by Crippen LogP contribution is -2.39. The van der Waals surface area contributed by atoms with Crippen LogP contribution in [-0.2, 0) is 0 Å². The zero-order valence-corrected chi connectivity index (χ0v) is 14.0. The second kappa shape index (κ2) is 5.96. The fourth-order valence-electron chi connectivity index (χ4n) is 4.20. The van der Waals surface area contributed by atoms with Gasteiger partial charge in [-0.1, -0.05) is 30.5 Å². The van der Waals surface area contributed by atoms with Gasteiger partial charge in [-0.15, -0.1) is 0 Å². The van der Waals surface area contributed by atoms with Gasteiger partial charge in [0.05, 0.1) is 5.69 Å². The van der Waals surface area contributed by atoms with E-state index in [4.69, 9.17) is 0 Å². The van der Waals surface area contributed by atoms with Gasteiger partial charge in [-0.25, -0.2) is 4.68 Å². The number of benzene rings is 1. The van der Waals surface area contributed by atoms with E-state index in [-0.39, 0.29) is 11.5 Å². The zero-order valence-electron chi connectivity index (χ0n) is 14.0. The van der Waals surface area contributed by atoms with Crippen LogP contribution < -0.4 is 5.56 Å². The van der Waals surface area contributed by atoms with Gasteiger partial charge in [0, 0.05) is 18.7 Å². The van der Waals surface area contributed by atoms with Crippen LogP contribution in [0.1, 0.15) is 48.2 Å². The van der Waals surface area contributed by atoms with Crippen LogP contribution in [0.5, 0.6) is 0 Å². The summed E-state index contributed by atoms with van der Waals surface area (Å²) in [4.78, 5) is 27.2. The maximum absolute atomic E-state index is 12.9. The Bertz CT molecular complexity index is 803. The first-order chi connectivity index (χ1) is 11.6. The van der Waals surface area contributed by atoms with E-state index in [1.807, 2.05) is 36.1 Å². The lowest BCUT2D eigenvalue weighted by molar-refractivity contribution is 0.0683. The standard InChI is InChI=1S/C19H23N3O2/c1-13-6-8-15(9-7-13)22-18(23)12-16(20-22)19(24)21-11-10-14-4-2-3-5-17(14)21/h6-9,12,14,17,20H,2-5,10-11H2,1H3. The lowest BCUT2D eigenvalue weighted by atomic mass is 9.85. The monoisotopic (exact) mass is 325 g/mol. The summed E-state index contributed by atoms with van der Waals surface area (Å²) < 4.78 is 1.45. The molecule has 126 valence electrons. The first-order valence-corrected chi connectivity index (χ1v) is 8.83. The van der Waals surface area contributed by atoms with Crippen molar-refractivity contribution in [1.82, 2.24) is 14.7 Å². The highest BCUT2D eigenvalue weighted by Gasteiger charge is 2.38. The number of hydrogen-bond donors (Lipinski definition) is 1. The van der Waals surface area contributed by atoms with E-state index in [1.54, 1.807) is 0 Å².